The summed E-state index contributed by atoms with van der Waals surface area (Å²) in [5.74, 6) is 0.425. The van der Waals surface area contributed by atoms with Gasteiger partial charge in [-0.05, 0) is 36.8 Å². The van der Waals surface area contributed by atoms with E-state index in [-0.39, 0.29) is 5.82 Å². The minimum atomic E-state index is -0.188. The molecule has 1 aliphatic rings. The molecule has 1 saturated heterocycles. The van der Waals surface area contributed by atoms with Crippen LogP contribution in [0.3, 0.4) is 0 Å². The Morgan fingerprint density at radius 3 is 2.64 bits per heavy atom. The number of nitrogen functional groups attached to an aromatic ring is 1. The predicted octanol–water partition coefficient (Wildman–Crippen LogP) is 2.52. The number of aromatic nitrogens is 1. The molecule has 0 bridgehead atoms. The van der Waals surface area contributed by atoms with Gasteiger partial charge in [0.2, 0.25) is 0 Å². The molecule has 0 radical (unpaired) electrons. The second-order valence-corrected chi connectivity index (χ2v) is 5.64. The fourth-order valence-corrected chi connectivity index (χ4v) is 2.86. The topological polar surface area (TPSA) is 45.4 Å². The number of halogens is 1. The third kappa shape index (κ3) is 3.54. The summed E-state index contributed by atoms with van der Waals surface area (Å²) >= 11 is 0. The number of rotatable bonds is 3. The van der Waals surface area contributed by atoms with Crippen molar-refractivity contribution in [3.8, 4) is 0 Å². The first kappa shape index (κ1) is 14.8. The molecular weight excluding hydrogens is 279 g/mol. The molecule has 1 aliphatic heterocycles. The Kier molecular flexibility index (Phi) is 4.53. The van der Waals surface area contributed by atoms with Gasteiger partial charge in [-0.3, -0.25) is 4.90 Å². The maximum Gasteiger partial charge on any atom is 0.127 e. The van der Waals surface area contributed by atoms with Gasteiger partial charge in [-0.2, -0.15) is 0 Å². The molecule has 1 aromatic heterocycles. The average molecular weight is 300 g/mol. The lowest BCUT2D eigenvalue weighted by Gasteiger charge is -2.23. The van der Waals surface area contributed by atoms with Crippen molar-refractivity contribution in [2.45, 2.75) is 13.0 Å². The zero-order valence-electron chi connectivity index (χ0n) is 12.6. The van der Waals surface area contributed by atoms with Crippen LogP contribution in [0.15, 0.2) is 42.6 Å². The molecule has 0 unspecified atom stereocenters. The predicted molar refractivity (Wildman–Crippen MR) is 87.2 cm³/mol. The molecule has 116 valence electrons. The molecule has 0 atom stereocenters. The lowest BCUT2D eigenvalue weighted by molar-refractivity contribution is 0.285. The van der Waals surface area contributed by atoms with Crippen LogP contribution in [0.2, 0.25) is 0 Å². The highest BCUT2D eigenvalue weighted by molar-refractivity contribution is 5.46. The molecule has 4 nitrogen and oxygen atoms in total. The van der Waals surface area contributed by atoms with Crippen LogP contribution in [0.4, 0.5) is 15.9 Å². The lowest BCUT2D eigenvalue weighted by Crippen LogP contribution is -2.30. The first-order chi connectivity index (χ1) is 10.7. The summed E-state index contributed by atoms with van der Waals surface area (Å²) < 4.78 is 13.0. The van der Waals surface area contributed by atoms with Crippen molar-refractivity contribution in [1.82, 2.24) is 9.88 Å². The van der Waals surface area contributed by atoms with Crippen LogP contribution >= 0.6 is 0 Å². The Bertz CT molecular complexity index is 614. The third-order valence-corrected chi connectivity index (χ3v) is 4.10. The van der Waals surface area contributed by atoms with Gasteiger partial charge >= 0.3 is 0 Å². The molecule has 2 N–H and O–H groups in total. The van der Waals surface area contributed by atoms with Crippen molar-refractivity contribution in [3.63, 3.8) is 0 Å². The Labute approximate surface area is 130 Å². The number of nitrogens with zero attached hydrogens (tertiary/aromatic N) is 3. The number of hydrogen-bond acceptors (Lipinski definition) is 4. The van der Waals surface area contributed by atoms with E-state index in [1.54, 1.807) is 6.20 Å². The summed E-state index contributed by atoms with van der Waals surface area (Å²) in [4.78, 5) is 8.86. The highest BCUT2D eigenvalue weighted by atomic mass is 19.1. The van der Waals surface area contributed by atoms with Crippen molar-refractivity contribution < 1.29 is 4.39 Å². The van der Waals surface area contributed by atoms with Crippen molar-refractivity contribution in [2.75, 3.05) is 36.8 Å². The second kappa shape index (κ2) is 6.75. The van der Waals surface area contributed by atoms with Crippen LogP contribution in [0.25, 0.3) is 0 Å². The summed E-state index contributed by atoms with van der Waals surface area (Å²) in [6.07, 6.45) is 2.80. The van der Waals surface area contributed by atoms with Gasteiger partial charge in [-0.15, -0.1) is 0 Å². The smallest absolute Gasteiger partial charge is 0.127 e. The van der Waals surface area contributed by atoms with E-state index in [2.05, 4.69) is 14.8 Å². The van der Waals surface area contributed by atoms with Gasteiger partial charge < -0.3 is 10.6 Å². The van der Waals surface area contributed by atoms with Crippen LogP contribution in [-0.2, 0) is 6.54 Å². The maximum atomic E-state index is 13.0. The van der Waals surface area contributed by atoms with E-state index in [9.17, 15) is 4.39 Å². The van der Waals surface area contributed by atoms with Crippen LogP contribution in [0.5, 0.6) is 0 Å². The first-order valence-corrected chi connectivity index (χ1v) is 7.64. The SMILES string of the molecule is Nc1ncccc1CN1CCCN(c2ccc(F)cc2)CC1. The first-order valence-electron chi connectivity index (χ1n) is 7.64. The van der Waals surface area contributed by atoms with E-state index in [4.69, 9.17) is 5.73 Å². The van der Waals surface area contributed by atoms with Crippen LogP contribution in [0, 0.1) is 5.82 Å². The Morgan fingerprint density at radius 2 is 1.86 bits per heavy atom. The van der Waals surface area contributed by atoms with E-state index in [1.807, 2.05) is 24.3 Å². The minimum Gasteiger partial charge on any atom is -0.383 e. The van der Waals surface area contributed by atoms with Crippen molar-refractivity contribution in [2.24, 2.45) is 0 Å². The average Bonchev–Trinajstić information content (AvgIpc) is 2.76. The molecule has 1 aromatic carbocycles. The summed E-state index contributed by atoms with van der Waals surface area (Å²) in [7, 11) is 0. The molecule has 1 fully saturated rings. The van der Waals surface area contributed by atoms with E-state index < -0.39 is 0 Å². The molecule has 0 amide bonds. The van der Waals surface area contributed by atoms with Gasteiger partial charge in [-0.1, -0.05) is 6.07 Å². The summed E-state index contributed by atoms with van der Waals surface area (Å²) in [5, 5.41) is 0. The summed E-state index contributed by atoms with van der Waals surface area (Å²) in [5.41, 5.74) is 8.09. The van der Waals surface area contributed by atoms with E-state index >= 15 is 0 Å². The monoisotopic (exact) mass is 300 g/mol. The normalized spacial score (nSPS) is 16.5. The van der Waals surface area contributed by atoms with Crippen molar-refractivity contribution >= 4 is 11.5 Å². The molecule has 2 aromatic rings. The Hall–Kier alpha value is -2.14. The lowest BCUT2D eigenvalue weighted by atomic mass is 10.2. The van der Waals surface area contributed by atoms with Gasteiger partial charge in [0.15, 0.2) is 0 Å². The van der Waals surface area contributed by atoms with Crippen LogP contribution in [-0.4, -0.2) is 36.1 Å². The van der Waals surface area contributed by atoms with Crippen LogP contribution in [0.1, 0.15) is 12.0 Å². The largest absolute Gasteiger partial charge is 0.383 e. The highest BCUT2D eigenvalue weighted by Gasteiger charge is 2.16. The molecule has 5 heteroatoms. The van der Waals surface area contributed by atoms with Gasteiger partial charge in [0.05, 0.1) is 0 Å². The molecule has 0 aliphatic carbocycles. The fraction of sp³-hybridized carbons (Fsp3) is 0.353. The zero-order chi connectivity index (χ0) is 15.4. The Balaban J connectivity index is 1.62. The summed E-state index contributed by atoms with van der Waals surface area (Å²) in [6, 6.07) is 10.7. The Morgan fingerprint density at radius 1 is 1.05 bits per heavy atom. The van der Waals surface area contributed by atoms with E-state index in [0.717, 1.165) is 50.4 Å². The number of hydrogen-bond donors (Lipinski definition) is 1. The van der Waals surface area contributed by atoms with Crippen LogP contribution < -0.4 is 10.6 Å². The van der Waals surface area contributed by atoms with E-state index in [0.29, 0.717) is 5.82 Å². The highest BCUT2D eigenvalue weighted by Crippen LogP contribution is 2.18. The third-order valence-electron chi connectivity index (χ3n) is 4.10. The van der Waals surface area contributed by atoms with Gasteiger partial charge in [0.1, 0.15) is 11.6 Å². The molecule has 3 rings (SSSR count). The zero-order valence-corrected chi connectivity index (χ0v) is 12.6. The molecule has 2 heterocycles. The van der Waals surface area contributed by atoms with Crippen molar-refractivity contribution in [1.29, 1.82) is 0 Å². The molecule has 22 heavy (non-hydrogen) atoms. The van der Waals surface area contributed by atoms with E-state index in [1.165, 1.54) is 12.1 Å². The number of benzene rings is 1. The minimum absolute atomic E-state index is 0.188. The van der Waals surface area contributed by atoms with Gasteiger partial charge in [0.25, 0.3) is 0 Å². The van der Waals surface area contributed by atoms with Crippen molar-refractivity contribution in [3.05, 3.63) is 54.0 Å². The molecule has 0 spiro atoms. The number of pyridine rings is 1. The maximum absolute atomic E-state index is 13.0. The fourth-order valence-electron chi connectivity index (χ4n) is 2.86. The molecule has 0 saturated carbocycles. The van der Waals surface area contributed by atoms with Gasteiger partial charge in [-0.25, -0.2) is 9.37 Å². The quantitative estimate of drug-likeness (QED) is 0.946. The number of nitrogens with two attached hydrogens (primary N) is 1. The van der Waals surface area contributed by atoms with Gasteiger partial charge in [0, 0.05) is 50.2 Å². The second-order valence-electron chi connectivity index (χ2n) is 5.64. The standard InChI is InChI=1S/C17H21FN4/c18-15-4-6-16(7-5-15)22-10-2-9-21(11-12-22)13-14-3-1-8-20-17(14)19/h1,3-8H,2,9-13H2,(H2,19,20). The summed E-state index contributed by atoms with van der Waals surface area (Å²) in [6.45, 7) is 4.76. The molecular formula is C17H21FN4. The number of anilines is 2.